The highest BCUT2D eigenvalue weighted by molar-refractivity contribution is 8.14. The number of carbonyl (C=O) groups excluding carboxylic acids is 1. The van der Waals surface area contributed by atoms with Gasteiger partial charge in [0.05, 0.1) is 0 Å². The van der Waals surface area contributed by atoms with Crippen LogP contribution in [-0.4, -0.2) is 33.9 Å². The molecule has 0 rings (SSSR count). The van der Waals surface area contributed by atoms with E-state index in [1.54, 1.807) is 21.1 Å². The zero-order valence-corrected chi connectivity index (χ0v) is 9.97. The van der Waals surface area contributed by atoms with Crippen molar-refractivity contribution in [2.45, 2.75) is 25.1 Å². The number of carbonyl (C=O) groups is 1. The molecule has 5 heteroatoms. The first-order valence-electron chi connectivity index (χ1n) is 3.83. The molecule has 0 aliphatic rings. The van der Waals surface area contributed by atoms with E-state index in [1.165, 1.54) is 11.8 Å². The third-order valence-corrected chi connectivity index (χ3v) is 4.83. The maximum absolute atomic E-state index is 10.7. The van der Waals surface area contributed by atoms with Crippen molar-refractivity contribution in [3.8, 4) is 0 Å². The van der Waals surface area contributed by atoms with Gasteiger partial charge < -0.3 is 8.85 Å². The molecule has 12 heavy (non-hydrogen) atoms. The molecule has 0 aromatic carbocycles. The van der Waals surface area contributed by atoms with E-state index in [4.69, 9.17) is 8.85 Å². The average Bonchev–Trinajstić information content (AvgIpc) is 1.98. The van der Waals surface area contributed by atoms with E-state index in [-0.39, 0.29) is 5.12 Å². The first kappa shape index (κ1) is 12.2. The third kappa shape index (κ3) is 5.76. The minimum Gasteiger partial charge on any atom is -0.400 e. The molecule has 0 aromatic rings. The van der Waals surface area contributed by atoms with Gasteiger partial charge >= 0.3 is 9.28 Å². The van der Waals surface area contributed by atoms with Gasteiger partial charge in [0.1, 0.15) is 0 Å². The summed E-state index contributed by atoms with van der Waals surface area (Å²) >= 11 is 1.35. The number of rotatable bonds is 5. The van der Waals surface area contributed by atoms with Crippen LogP contribution in [0.5, 0.6) is 0 Å². The Hall–Kier alpha value is 0.157. The zero-order chi connectivity index (χ0) is 9.56. The van der Waals surface area contributed by atoms with Crippen molar-refractivity contribution in [1.29, 1.82) is 0 Å². The third-order valence-electron chi connectivity index (χ3n) is 1.42. The van der Waals surface area contributed by atoms with Crippen LogP contribution < -0.4 is 0 Å². The van der Waals surface area contributed by atoms with Crippen LogP contribution in [0.25, 0.3) is 0 Å². The van der Waals surface area contributed by atoms with Crippen molar-refractivity contribution in [1.82, 2.24) is 0 Å². The maximum atomic E-state index is 10.7. The maximum Gasteiger partial charge on any atom is 0.321 e. The predicted molar refractivity (Wildman–Crippen MR) is 53.7 cm³/mol. The van der Waals surface area contributed by atoms with Gasteiger partial charge in [-0.1, -0.05) is 18.7 Å². The topological polar surface area (TPSA) is 35.5 Å². The molecular formula is C7H16O3SSi. The first-order chi connectivity index (χ1) is 5.60. The average molecular weight is 208 g/mol. The lowest BCUT2D eigenvalue weighted by Gasteiger charge is -2.14. The lowest BCUT2D eigenvalue weighted by atomic mass is 10.6. The summed E-state index contributed by atoms with van der Waals surface area (Å²) < 4.78 is 10.3. The standard InChI is InChI=1S/C7H16O3SSi/c1-6(11-7(2)8)5-12(9-3)10-4/h6,12H,5H2,1-4H3. The molecule has 3 nitrogen and oxygen atoms in total. The Bertz CT molecular complexity index is 139. The minimum atomic E-state index is -1.48. The summed E-state index contributed by atoms with van der Waals surface area (Å²) in [6, 6.07) is 0.872. The second-order valence-electron chi connectivity index (χ2n) is 2.56. The quantitative estimate of drug-likeness (QED) is 0.635. The van der Waals surface area contributed by atoms with Crippen LogP contribution in [0.2, 0.25) is 6.04 Å². The number of thioether (sulfide) groups is 1. The summed E-state index contributed by atoms with van der Waals surface area (Å²) in [5.74, 6) is 0. The van der Waals surface area contributed by atoms with Gasteiger partial charge in [0.25, 0.3) is 0 Å². The molecule has 0 amide bonds. The summed E-state index contributed by atoms with van der Waals surface area (Å²) in [4.78, 5) is 10.7. The van der Waals surface area contributed by atoms with Crippen molar-refractivity contribution in [2.75, 3.05) is 14.2 Å². The van der Waals surface area contributed by atoms with Crippen LogP contribution in [0.15, 0.2) is 0 Å². The van der Waals surface area contributed by atoms with Gasteiger partial charge in [-0.25, -0.2) is 0 Å². The van der Waals surface area contributed by atoms with E-state index in [0.29, 0.717) is 5.25 Å². The second kappa shape index (κ2) is 6.65. The van der Waals surface area contributed by atoms with Gasteiger partial charge in [-0.3, -0.25) is 4.79 Å². The summed E-state index contributed by atoms with van der Waals surface area (Å²) in [5.41, 5.74) is 0. The lowest BCUT2D eigenvalue weighted by Crippen LogP contribution is -2.23. The van der Waals surface area contributed by atoms with Crippen molar-refractivity contribution >= 4 is 26.2 Å². The highest BCUT2D eigenvalue weighted by Crippen LogP contribution is 2.17. The first-order valence-corrected chi connectivity index (χ1v) is 6.46. The number of hydrogen-bond acceptors (Lipinski definition) is 4. The van der Waals surface area contributed by atoms with Gasteiger partial charge in [-0.05, 0) is 0 Å². The Morgan fingerprint density at radius 1 is 1.50 bits per heavy atom. The molecule has 0 bridgehead atoms. The van der Waals surface area contributed by atoms with Crippen molar-refractivity contribution in [2.24, 2.45) is 0 Å². The van der Waals surface area contributed by atoms with Crippen LogP contribution in [0.4, 0.5) is 0 Å². The highest BCUT2D eigenvalue weighted by atomic mass is 32.2. The largest absolute Gasteiger partial charge is 0.400 e. The Labute approximate surface area is 79.7 Å². The second-order valence-corrected chi connectivity index (χ2v) is 6.45. The molecule has 0 N–H and O–H groups in total. The van der Waals surface area contributed by atoms with Gasteiger partial charge in [0.2, 0.25) is 0 Å². The van der Waals surface area contributed by atoms with E-state index in [2.05, 4.69) is 0 Å². The van der Waals surface area contributed by atoms with Gasteiger partial charge in [-0.2, -0.15) is 0 Å². The molecule has 0 spiro atoms. The molecule has 0 saturated carbocycles. The van der Waals surface area contributed by atoms with Gasteiger partial charge in [-0.15, -0.1) is 0 Å². The SMILES string of the molecule is CO[SiH](CC(C)SC(C)=O)OC. The fourth-order valence-electron chi connectivity index (χ4n) is 0.891. The van der Waals surface area contributed by atoms with E-state index in [9.17, 15) is 4.79 Å². The molecule has 0 heterocycles. The van der Waals surface area contributed by atoms with Crippen molar-refractivity contribution < 1.29 is 13.6 Å². The van der Waals surface area contributed by atoms with Crippen molar-refractivity contribution in [3.63, 3.8) is 0 Å². The summed E-state index contributed by atoms with van der Waals surface area (Å²) in [6.07, 6.45) is 0. The molecule has 0 aliphatic carbocycles. The molecule has 1 atom stereocenters. The van der Waals surface area contributed by atoms with Crippen LogP contribution in [0.3, 0.4) is 0 Å². The zero-order valence-electron chi connectivity index (χ0n) is 7.99. The Morgan fingerprint density at radius 2 is 2.00 bits per heavy atom. The van der Waals surface area contributed by atoms with E-state index in [1.807, 2.05) is 6.92 Å². The summed E-state index contributed by atoms with van der Waals surface area (Å²) in [7, 11) is 1.83. The fraction of sp³-hybridized carbons (Fsp3) is 0.857. The van der Waals surface area contributed by atoms with Gasteiger partial charge in [0.15, 0.2) is 5.12 Å². The van der Waals surface area contributed by atoms with Crippen LogP contribution in [0, 0.1) is 0 Å². The van der Waals surface area contributed by atoms with Crippen LogP contribution >= 0.6 is 11.8 Å². The molecule has 72 valence electrons. The van der Waals surface area contributed by atoms with E-state index in [0.717, 1.165) is 6.04 Å². The van der Waals surface area contributed by atoms with Crippen molar-refractivity contribution in [3.05, 3.63) is 0 Å². The highest BCUT2D eigenvalue weighted by Gasteiger charge is 2.16. The molecule has 0 fully saturated rings. The van der Waals surface area contributed by atoms with Crippen LogP contribution in [0.1, 0.15) is 13.8 Å². The molecule has 0 aliphatic heterocycles. The normalized spacial score (nSPS) is 13.4. The Morgan fingerprint density at radius 3 is 2.33 bits per heavy atom. The van der Waals surface area contributed by atoms with Crippen LogP contribution in [-0.2, 0) is 13.6 Å². The van der Waals surface area contributed by atoms with E-state index >= 15 is 0 Å². The smallest absolute Gasteiger partial charge is 0.321 e. The molecule has 0 radical (unpaired) electrons. The Kier molecular flexibility index (Phi) is 6.74. The monoisotopic (exact) mass is 208 g/mol. The lowest BCUT2D eigenvalue weighted by molar-refractivity contribution is -0.109. The van der Waals surface area contributed by atoms with E-state index < -0.39 is 9.28 Å². The minimum absolute atomic E-state index is 0.155. The molecule has 1 unspecified atom stereocenters. The van der Waals surface area contributed by atoms with Gasteiger partial charge in [0, 0.05) is 32.4 Å². The Balaban J connectivity index is 3.65. The molecule has 0 aromatic heterocycles. The predicted octanol–water partition coefficient (Wildman–Crippen LogP) is 1.17. The number of hydrogen-bond donors (Lipinski definition) is 0. The molecule has 0 saturated heterocycles. The summed E-state index contributed by atoms with van der Waals surface area (Å²) in [5, 5.41) is 0.460. The molecular weight excluding hydrogens is 192 g/mol. The summed E-state index contributed by atoms with van der Waals surface area (Å²) in [6.45, 7) is 3.60. The fourth-order valence-corrected chi connectivity index (χ4v) is 3.43.